The second-order valence-corrected chi connectivity index (χ2v) is 5.31. The molecule has 7 heteroatoms. The van der Waals surface area contributed by atoms with E-state index in [0.29, 0.717) is 44.5 Å². The summed E-state index contributed by atoms with van der Waals surface area (Å²) in [6.07, 6.45) is 0.354. The summed E-state index contributed by atoms with van der Waals surface area (Å²) in [6.45, 7) is 1.69. The van der Waals surface area contributed by atoms with Gasteiger partial charge in [-0.25, -0.2) is 9.97 Å². The number of aromatic nitrogens is 2. The van der Waals surface area contributed by atoms with Gasteiger partial charge in [-0.2, -0.15) is 0 Å². The molecule has 0 aliphatic rings. The average Bonchev–Trinajstić information content (AvgIpc) is 2.37. The number of hydrogen-bond acceptors (Lipinski definition) is 4. The Bertz CT molecular complexity index is 634. The fourth-order valence-corrected chi connectivity index (χ4v) is 2.48. The minimum Gasteiger partial charge on any atom is -0.396 e. The van der Waals surface area contributed by atoms with Crippen LogP contribution in [0.2, 0.25) is 15.2 Å². The lowest BCUT2D eigenvalue weighted by molar-refractivity contribution is 0.299. The third-order valence-corrected chi connectivity index (χ3v) is 3.47. The SMILES string of the molecule is Cc1nc(Cl)c(CCO)c(Nc2ccc(Cl)cc2Cl)n1. The molecule has 20 heavy (non-hydrogen) atoms. The zero-order chi connectivity index (χ0) is 14.7. The lowest BCUT2D eigenvalue weighted by Gasteiger charge is -2.13. The summed E-state index contributed by atoms with van der Waals surface area (Å²) in [6, 6.07) is 5.10. The molecular weight excluding hydrogens is 321 g/mol. The van der Waals surface area contributed by atoms with Gasteiger partial charge in [0, 0.05) is 23.6 Å². The molecule has 0 saturated carbocycles. The first kappa shape index (κ1) is 15.3. The van der Waals surface area contributed by atoms with E-state index in [-0.39, 0.29) is 6.61 Å². The van der Waals surface area contributed by atoms with Crippen molar-refractivity contribution in [2.75, 3.05) is 11.9 Å². The summed E-state index contributed by atoms with van der Waals surface area (Å²) >= 11 is 18.1. The monoisotopic (exact) mass is 331 g/mol. The second kappa shape index (κ2) is 6.59. The zero-order valence-corrected chi connectivity index (χ0v) is 12.9. The van der Waals surface area contributed by atoms with Crippen molar-refractivity contribution in [3.05, 3.63) is 44.8 Å². The normalized spacial score (nSPS) is 10.7. The summed E-state index contributed by atoms with van der Waals surface area (Å²) in [5.41, 5.74) is 1.30. The molecule has 0 unspecified atom stereocenters. The molecule has 4 nitrogen and oxygen atoms in total. The van der Waals surface area contributed by atoms with Gasteiger partial charge in [-0.1, -0.05) is 34.8 Å². The Morgan fingerprint density at radius 1 is 1.20 bits per heavy atom. The molecule has 0 radical (unpaired) electrons. The maximum absolute atomic E-state index is 9.11. The Hall–Kier alpha value is -1.07. The Morgan fingerprint density at radius 2 is 1.95 bits per heavy atom. The van der Waals surface area contributed by atoms with Crippen molar-refractivity contribution < 1.29 is 5.11 Å². The quantitative estimate of drug-likeness (QED) is 0.830. The standard InChI is InChI=1S/C13H12Cl3N3O/c1-7-17-12(16)9(4-5-20)13(18-7)19-11-3-2-8(14)6-10(11)15/h2-3,6,20H,4-5H2,1H3,(H,17,18,19). The van der Waals surface area contributed by atoms with Crippen LogP contribution < -0.4 is 5.32 Å². The maximum Gasteiger partial charge on any atom is 0.138 e. The molecule has 2 rings (SSSR count). The van der Waals surface area contributed by atoms with Gasteiger partial charge in [0.15, 0.2) is 0 Å². The molecule has 2 aromatic rings. The Kier molecular flexibility index (Phi) is 5.05. The van der Waals surface area contributed by atoms with Crippen LogP contribution in [-0.4, -0.2) is 21.7 Å². The summed E-state index contributed by atoms with van der Waals surface area (Å²) in [5, 5.41) is 13.5. The van der Waals surface area contributed by atoms with E-state index in [0.717, 1.165) is 0 Å². The smallest absolute Gasteiger partial charge is 0.138 e. The number of nitrogens with zero attached hydrogens (tertiary/aromatic N) is 2. The summed E-state index contributed by atoms with van der Waals surface area (Å²) < 4.78 is 0. The summed E-state index contributed by atoms with van der Waals surface area (Å²) in [7, 11) is 0. The number of aliphatic hydroxyl groups excluding tert-OH is 1. The number of hydrogen-bond donors (Lipinski definition) is 2. The molecule has 0 spiro atoms. The summed E-state index contributed by atoms with van der Waals surface area (Å²) in [4.78, 5) is 8.38. The van der Waals surface area contributed by atoms with Gasteiger partial charge in [0.1, 0.15) is 16.8 Å². The third-order valence-electron chi connectivity index (χ3n) is 2.61. The van der Waals surface area contributed by atoms with Crippen LogP contribution in [0.1, 0.15) is 11.4 Å². The number of aliphatic hydroxyl groups is 1. The Labute approximate surface area is 131 Å². The highest BCUT2D eigenvalue weighted by Gasteiger charge is 2.13. The van der Waals surface area contributed by atoms with Gasteiger partial charge in [-0.05, 0) is 25.1 Å². The highest BCUT2D eigenvalue weighted by atomic mass is 35.5. The lowest BCUT2D eigenvalue weighted by Crippen LogP contribution is -2.06. The van der Waals surface area contributed by atoms with E-state index in [1.54, 1.807) is 25.1 Å². The van der Waals surface area contributed by atoms with Crippen LogP contribution in [0.5, 0.6) is 0 Å². The molecule has 1 aromatic carbocycles. The largest absolute Gasteiger partial charge is 0.396 e. The lowest BCUT2D eigenvalue weighted by atomic mass is 10.2. The Balaban J connectivity index is 2.41. The van der Waals surface area contributed by atoms with E-state index in [2.05, 4.69) is 15.3 Å². The topological polar surface area (TPSA) is 58.0 Å². The molecule has 2 N–H and O–H groups in total. The molecule has 1 aromatic heterocycles. The van der Waals surface area contributed by atoms with Crippen molar-refractivity contribution >= 4 is 46.3 Å². The van der Waals surface area contributed by atoms with Crippen LogP contribution in [0.25, 0.3) is 0 Å². The van der Waals surface area contributed by atoms with Crippen LogP contribution in [0.3, 0.4) is 0 Å². The molecule has 106 valence electrons. The van der Waals surface area contributed by atoms with Gasteiger partial charge in [-0.15, -0.1) is 0 Å². The molecule has 0 fully saturated rings. The summed E-state index contributed by atoms with van der Waals surface area (Å²) in [5.74, 6) is 1.06. The van der Waals surface area contributed by atoms with Crippen LogP contribution >= 0.6 is 34.8 Å². The van der Waals surface area contributed by atoms with Gasteiger partial charge < -0.3 is 10.4 Å². The van der Waals surface area contributed by atoms with Crippen LogP contribution in [-0.2, 0) is 6.42 Å². The van der Waals surface area contributed by atoms with Gasteiger partial charge >= 0.3 is 0 Å². The first-order valence-corrected chi connectivity index (χ1v) is 7.00. The predicted octanol–water partition coefficient (Wildman–Crippen LogP) is 4.02. The van der Waals surface area contributed by atoms with E-state index in [9.17, 15) is 0 Å². The van der Waals surface area contributed by atoms with Crippen molar-refractivity contribution in [3.8, 4) is 0 Å². The van der Waals surface area contributed by atoms with Gasteiger partial charge in [-0.3, -0.25) is 0 Å². The predicted molar refractivity (Wildman–Crippen MR) is 82.3 cm³/mol. The fourth-order valence-electron chi connectivity index (χ4n) is 1.72. The van der Waals surface area contributed by atoms with Gasteiger partial charge in [0.05, 0.1) is 10.7 Å². The van der Waals surface area contributed by atoms with Crippen molar-refractivity contribution in [3.63, 3.8) is 0 Å². The first-order valence-electron chi connectivity index (χ1n) is 5.87. The molecule has 0 aliphatic carbocycles. The van der Waals surface area contributed by atoms with Crippen molar-refractivity contribution in [2.24, 2.45) is 0 Å². The van der Waals surface area contributed by atoms with E-state index >= 15 is 0 Å². The Morgan fingerprint density at radius 3 is 2.60 bits per heavy atom. The molecule has 0 amide bonds. The first-order chi connectivity index (χ1) is 9.51. The average molecular weight is 333 g/mol. The number of benzene rings is 1. The minimum absolute atomic E-state index is 0.0465. The number of nitrogens with one attached hydrogen (secondary N) is 1. The fraction of sp³-hybridized carbons (Fsp3) is 0.231. The number of halogens is 3. The zero-order valence-electron chi connectivity index (χ0n) is 10.6. The molecule has 0 atom stereocenters. The van der Waals surface area contributed by atoms with Gasteiger partial charge in [0.25, 0.3) is 0 Å². The van der Waals surface area contributed by atoms with E-state index in [4.69, 9.17) is 39.9 Å². The minimum atomic E-state index is -0.0465. The number of anilines is 2. The van der Waals surface area contributed by atoms with E-state index in [1.165, 1.54) is 0 Å². The van der Waals surface area contributed by atoms with Crippen LogP contribution in [0.15, 0.2) is 18.2 Å². The van der Waals surface area contributed by atoms with Crippen molar-refractivity contribution in [1.29, 1.82) is 0 Å². The van der Waals surface area contributed by atoms with Crippen molar-refractivity contribution in [1.82, 2.24) is 9.97 Å². The van der Waals surface area contributed by atoms with E-state index in [1.807, 2.05) is 0 Å². The van der Waals surface area contributed by atoms with Crippen LogP contribution in [0.4, 0.5) is 11.5 Å². The highest BCUT2D eigenvalue weighted by Crippen LogP contribution is 2.30. The maximum atomic E-state index is 9.11. The van der Waals surface area contributed by atoms with E-state index < -0.39 is 0 Å². The third kappa shape index (κ3) is 3.52. The number of aryl methyl sites for hydroxylation is 1. The van der Waals surface area contributed by atoms with Crippen molar-refractivity contribution in [2.45, 2.75) is 13.3 Å². The molecular formula is C13H12Cl3N3O. The molecule has 0 aliphatic heterocycles. The number of rotatable bonds is 4. The molecule has 0 bridgehead atoms. The van der Waals surface area contributed by atoms with Crippen LogP contribution in [0, 0.1) is 6.92 Å². The molecule has 0 saturated heterocycles. The molecule has 1 heterocycles. The highest BCUT2D eigenvalue weighted by molar-refractivity contribution is 6.36. The van der Waals surface area contributed by atoms with Gasteiger partial charge in [0.2, 0.25) is 0 Å². The second-order valence-electron chi connectivity index (χ2n) is 4.11.